The highest BCUT2D eigenvalue weighted by molar-refractivity contribution is 6.14. The van der Waals surface area contributed by atoms with Gasteiger partial charge in [0.05, 0.1) is 6.61 Å². The van der Waals surface area contributed by atoms with E-state index >= 15 is 0 Å². The van der Waals surface area contributed by atoms with E-state index in [4.69, 9.17) is 19.0 Å². The fourth-order valence-corrected chi connectivity index (χ4v) is 2.37. The van der Waals surface area contributed by atoms with Crippen LogP contribution in [0.4, 0.5) is 4.79 Å². The SMILES string of the molecule is CCOc1cc(C=C2NC(=O)NC2=O)ccc1OCc1ccc(C(=O)O)o1. The zero-order chi connectivity index (χ0) is 19.4. The quantitative estimate of drug-likeness (QED) is 0.502. The largest absolute Gasteiger partial charge is 0.490 e. The van der Waals surface area contributed by atoms with Gasteiger partial charge in [-0.15, -0.1) is 0 Å². The molecule has 9 heteroatoms. The van der Waals surface area contributed by atoms with Crippen LogP contribution in [0.5, 0.6) is 11.5 Å². The monoisotopic (exact) mass is 372 g/mol. The molecule has 9 nitrogen and oxygen atoms in total. The second-order valence-corrected chi connectivity index (χ2v) is 5.47. The maximum atomic E-state index is 11.6. The minimum Gasteiger partial charge on any atom is -0.490 e. The highest BCUT2D eigenvalue weighted by Gasteiger charge is 2.22. The van der Waals surface area contributed by atoms with E-state index in [1.165, 1.54) is 18.2 Å². The number of urea groups is 1. The van der Waals surface area contributed by atoms with Gasteiger partial charge in [-0.25, -0.2) is 9.59 Å². The zero-order valence-electron chi connectivity index (χ0n) is 14.3. The molecule has 0 unspecified atom stereocenters. The van der Waals surface area contributed by atoms with Crippen molar-refractivity contribution in [1.82, 2.24) is 10.6 Å². The highest BCUT2D eigenvalue weighted by atomic mass is 16.5. The zero-order valence-corrected chi connectivity index (χ0v) is 14.3. The van der Waals surface area contributed by atoms with Crippen molar-refractivity contribution in [3.63, 3.8) is 0 Å². The minimum absolute atomic E-state index is 0.0201. The van der Waals surface area contributed by atoms with Crippen molar-refractivity contribution in [2.24, 2.45) is 0 Å². The lowest BCUT2D eigenvalue weighted by Gasteiger charge is -2.12. The molecule has 1 aliphatic heterocycles. The van der Waals surface area contributed by atoms with Crippen molar-refractivity contribution in [3.05, 3.63) is 53.1 Å². The molecule has 0 aliphatic carbocycles. The molecule has 1 saturated heterocycles. The lowest BCUT2D eigenvalue weighted by Crippen LogP contribution is -2.22. The summed E-state index contributed by atoms with van der Waals surface area (Å²) in [6.45, 7) is 2.22. The van der Waals surface area contributed by atoms with Crippen LogP contribution in [0.2, 0.25) is 0 Å². The summed E-state index contributed by atoms with van der Waals surface area (Å²) in [5.41, 5.74) is 0.761. The first-order valence-corrected chi connectivity index (χ1v) is 8.02. The van der Waals surface area contributed by atoms with Crippen LogP contribution in [0.15, 0.2) is 40.4 Å². The number of benzene rings is 1. The van der Waals surface area contributed by atoms with E-state index in [0.717, 1.165) is 0 Å². The summed E-state index contributed by atoms with van der Waals surface area (Å²) in [6, 6.07) is 7.29. The molecule has 0 saturated carbocycles. The van der Waals surface area contributed by atoms with Crippen LogP contribution in [-0.2, 0) is 11.4 Å². The van der Waals surface area contributed by atoms with Gasteiger partial charge in [0.15, 0.2) is 11.5 Å². The van der Waals surface area contributed by atoms with E-state index in [-0.39, 0.29) is 18.1 Å². The Morgan fingerprint density at radius 1 is 1.15 bits per heavy atom. The standard InChI is InChI=1S/C18H16N2O7/c1-2-25-15-8-10(7-12-16(21)20-18(24)19-12)3-5-13(15)26-9-11-4-6-14(27-11)17(22)23/h3-8H,2,9H2,1H3,(H,22,23)(H2,19,20,21,24). The van der Waals surface area contributed by atoms with Crippen LogP contribution in [0, 0.1) is 0 Å². The average Bonchev–Trinajstić information content (AvgIpc) is 3.21. The number of imide groups is 1. The Morgan fingerprint density at radius 2 is 1.96 bits per heavy atom. The Bertz CT molecular complexity index is 930. The maximum Gasteiger partial charge on any atom is 0.371 e. The van der Waals surface area contributed by atoms with E-state index in [1.807, 2.05) is 6.92 Å². The number of hydrogen-bond acceptors (Lipinski definition) is 6. The summed E-state index contributed by atoms with van der Waals surface area (Å²) in [5.74, 6) is -0.625. The van der Waals surface area contributed by atoms with Crippen LogP contribution < -0.4 is 20.1 Å². The van der Waals surface area contributed by atoms with Crippen molar-refractivity contribution in [1.29, 1.82) is 0 Å². The molecule has 140 valence electrons. The number of carboxylic acid groups (broad SMARTS) is 1. The molecule has 2 aromatic rings. The Hall–Kier alpha value is -3.75. The smallest absolute Gasteiger partial charge is 0.371 e. The van der Waals surface area contributed by atoms with Crippen molar-refractivity contribution in [3.8, 4) is 11.5 Å². The summed E-state index contributed by atoms with van der Waals surface area (Å²) in [4.78, 5) is 33.6. The Kier molecular flexibility index (Phi) is 5.11. The molecule has 3 amide bonds. The Morgan fingerprint density at radius 3 is 2.59 bits per heavy atom. The Balaban J connectivity index is 1.77. The van der Waals surface area contributed by atoms with Crippen LogP contribution in [-0.4, -0.2) is 29.6 Å². The highest BCUT2D eigenvalue weighted by Crippen LogP contribution is 2.30. The molecule has 1 aromatic heterocycles. The normalized spacial score (nSPS) is 14.8. The first kappa shape index (κ1) is 18.1. The number of nitrogens with one attached hydrogen (secondary N) is 2. The van der Waals surface area contributed by atoms with E-state index in [1.54, 1.807) is 18.2 Å². The van der Waals surface area contributed by atoms with Crippen molar-refractivity contribution < 1.29 is 33.4 Å². The van der Waals surface area contributed by atoms with Gasteiger partial charge in [0.2, 0.25) is 5.76 Å². The van der Waals surface area contributed by atoms with Gasteiger partial charge in [-0.2, -0.15) is 0 Å². The van der Waals surface area contributed by atoms with Gasteiger partial charge in [0.1, 0.15) is 18.1 Å². The second-order valence-electron chi connectivity index (χ2n) is 5.47. The number of aromatic carboxylic acids is 1. The van der Waals surface area contributed by atoms with Crippen LogP contribution >= 0.6 is 0 Å². The molecular weight excluding hydrogens is 356 g/mol. The third-order valence-electron chi connectivity index (χ3n) is 3.54. The first-order chi connectivity index (χ1) is 13.0. The molecule has 0 atom stereocenters. The van der Waals surface area contributed by atoms with E-state index in [9.17, 15) is 14.4 Å². The van der Waals surface area contributed by atoms with Crippen molar-refractivity contribution in [2.75, 3.05) is 6.61 Å². The fourth-order valence-electron chi connectivity index (χ4n) is 2.37. The van der Waals surface area contributed by atoms with Crippen molar-refractivity contribution >= 4 is 24.0 Å². The third kappa shape index (κ3) is 4.27. The molecule has 3 N–H and O–H groups in total. The van der Waals surface area contributed by atoms with Gasteiger partial charge in [0, 0.05) is 0 Å². The predicted molar refractivity (Wildman–Crippen MR) is 92.3 cm³/mol. The maximum absolute atomic E-state index is 11.6. The van der Waals surface area contributed by atoms with E-state index in [0.29, 0.717) is 29.4 Å². The molecule has 2 heterocycles. The number of carbonyl (C=O) groups excluding carboxylic acids is 2. The lowest BCUT2D eigenvalue weighted by molar-refractivity contribution is -0.115. The molecule has 3 rings (SSSR count). The van der Waals surface area contributed by atoms with Crippen LogP contribution in [0.3, 0.4) is 0 Å². The van der Waals surface area contributed by atoms with Crippen LogP contribution in [0.25, 0.3) is 6.08 Å². The molecule has 27 heavy (non-hydrogen) atoms. The van der Waals surface area contributed by atoms with E-state index < -0.39 is 17.9 Å². The van der Waals surface area contributed by atoms with Crippen LogP contribution in [0.1, 0.15) is 28.8 Å². The number of rotatable bonds is 7. The van der Waals surface area contributed by atoms with Gasteiger partial charge >= 0.3 is 12.0 Å². The Labute approximate surface area is 153 Å². The van der Waals surface area contributed by atoms with Gasteiger partial charge < -0.3 is 24.3 Å². The van der Waals surface area contributed by atoms with Crippen molar-refractivity contribution in [2.45, 2.75) is 13.5 Å². The number of carbonyl (C=O) groups is 3. The minimum atomic E-state index is -1.16. The average molecular weight is 372 g/mol. The number of furan rings is 1. The van der Waals surface area contributed by atoms with Gasteiger partial charge in [-0.3, -0.25) is 10.1 Å². The molecular formula is C18H16N2O7. The van der Waals surface area contributed by atoms with E-state index in [2.05, 4.69) is 10.6 Å². The molecule has 1 aromatic carbocycles. The first-order valence-electron chi connectivity index (χ1n) is 8.02. The summed E-state index contributed by atoms with van der Waals surface area (Å²) in [7, 11) is 0. The van der Waals surface area contributed by atoms with Gasteiger partial charge in [0.25, 0.3) is 5.91 Å². The second kappa shape index (κ2) is 7.65. The predicted octanol–water partition coefficient (Wildman–Crippen LogP) is 2.14. The summed E-state index contributed by atoms with van der Waals surface area (Å²) < 4.78 is 16.3. The molecule has 0 spiro atoms. The lowest BCUT2D eigenvalue weighted by atomic mass is 10.1. The van der Waals surface area contributed by atoms with Gasteiger partial charge in [-0.1, -0.05) is 6.07 Å². The summed E-state index contributed by atoms with van der Waals surface area (Å²) in [5, 5.41) is 13.4. The summed E-state index contributed by atoms with van der Waals surface area (Å²) >= 11 is 0. The fraction of sp³-hybridized carbons (Fsp3) is 0.167. The molecule has 1 aliphatic rings. The number of hydrogen-bond donors (Lipinski definition) is 3. The summed E-state index contributed by atoms with van der Waals surface area (Å²) in [6.07, 6.45) is 1.51. The number of amides is 3. The number of carboxylic acids is 1. The topological polar surface area (TPSA) is 127 Å². The molecule has 0 bridgehead atoms. The van der Waals surface area contributed by atoms with Gasteiger partial charge in [-0.05, 0) is 42.8 Å². The molecule has 0 radical (unpaired) electrons. The number of ether oxygens (including phenoxy) is 2. The third-order valence-corrected chi connectivity index (χ3v) is 3.54. The molecule has 1 fully saturated rings.